The molecule has 0 aliphatic rings. The fraction of sp³-hybridized carbons (Fsp3) is 0.400. The number of hydrogen-bond acceptors (Lipinski definition) is 4. The highest BCUT2D eigenvalue weighted by molar-refractivity contribution is 5.81. The van der Waals surface area contributed by atoms with Gasteiger partial charge in [0.1, 0.15) is 5.75 Å². The summed E-state index contributed by atoms with van der Waals surface area (Å²) in [6, 6.07) is 10.7. The Morgan fingerprint density at radius 1 is 1.12 bits per heavy atom. The fourth-order valence-electron chi connectivity index (χ4n) is 2.85. The lowest BCUT2D eigenvalue weighted by molar-refractivity contribution is -0.138. The van der Waals surface area contributed by atoms with Crippen molar-refractivity contribution in [2.75, 3.05) is 13.6 Å². The van der Waals surface area contributed by atoms with E-state index in [-0.39, 0.29) is 17.7 Å². The summed E-state index contributed by atoms with van der Waals surface area (Å²) in [6.45, 7) is 5.94. The summed E-state index contributed by atoms with van der Waals surface area (Å²) in [5.41, 5.74) is 1.99. The first kappa shape index (κ1) is 18.9. The molecule has 2 rings (SSSR count). The van der Waals surface area contributed by atoms with Crippen LogP contribution >= 0.6 is 0 Å². The molecular formula is C20H27N3O2. The highest BCUT2D eigenvalue weighted by Gasteiger charge is 2.26. The van der Waals surface area contributed by atoms with E-state index >= 15 is 0 Å². The van der Waals surface area contributed by atoms with Gasteiger partial charge in [0, 0.05) is 25.5 Å². The van der Waals surface area contributed by atoms with Crippen molar-refractivity contribution in [3.8, 4) is 5.75 Å². The molecule has 1 aromatic heterocycles. The van der Waals surface area contributed by atoms with Crippen LogP contribution in [-0.4, -0.2) is 45.4 Å². The van der Waals surface area contributed by atoms with Gasteiger partial charge >= 0.3 is 0 Å². The molecule has 0 aliphatic carbocycles. The molecular weight excluding hydrogens is 314 g/mol. The van der Waals surface area contributed by atoms with E-state index in [0.717, 1.165) is 24.1 Å². The predicted octanol–water partition coefficient (Wildman–Crippen LogP) is 3.05. The molecule has 0 bridgehead atoms. The number of phenols is 1. The van der Waals surface area contributed by atoms with Crippen LogP contribution < -0.4 is 0 Å². The lowest BCUT2D eigenvalue weighted by Crippen LogP contribution is -2.46. The number of pyridine rings is 1. The molecule has 5 nitrogen and oxygen atoms in total. The molecule has 25 heavy (non-hydrogen) atoms. The van der Waals surface area contributed by atoms with Gasteiger partial charge in [-0.2, -0.15) is 0 Å². The molecule has 0 aliphatic heterocycles. The number of hydrogen-bond donors (Lipinski definition) is 1. The van der Waals surface area contributed by atoms with Crippen LogP contribution in [-0.2, 0) is 17.9 Å². The number of aromatic hydroxyl groups is 1. The maximum atomic E-state index is 13.2. The SMILES string of the molecule is CCC(C(=O)N(Cc1ccc(O)cc1)Cc1cccnc1)N(C)CC. The Bertz CT molecular complexity index is 658. The Kier molecular flexibility index (Phi) is 6.95. The number of rotatable bonds is 8. The number of phenolic OH excluding ortho intramolecular Hbond substituents is 1. The lowest BCUT2D eigenvalue weighted by atomic mass is 10.1. The second-order valence-electron chi connectivity index (χ2n) is 6.22. The van der Waals surface area contributed by atoms with Crippen molar-refractivity contribution in [1.82, 2.24) is 14.8 Å². The van der Waals surface area contributed by atoms with Crippen LogP contribution in [0.25, 0.3) is 0 Å². The molecule has 0 fully saturated rings. The van der Waals surface area contributed by atoms with E-state index in [1.165, 1.54) is 0 Å². The van der Waals surface area contributed by atoms with E-state index in [1.807, 2.05) is 43.1 Å². The number of carbonyl (C=O) groups is 1. The topological polar surface area (TPSA) is 56.7 Å². The lowest BCUT2D eigenvalue weighted by Gasteiger charge is -2.31. The zero-order valence-electron chi connectivity index (χ0n) is 15.2. The smallest absolute Gasteiger partial charge is 0.240 e. The number of carbonyl (C=O) groups excluding carboxylic acids is 1. The summed E-state index contributed by atoms with van der Waals surface area (Å²) in [4.78, 5) is 21.3. The third-order valence-corrected chi connectivity index (χ3v) is 4.42. The molecule has 1 atom stereocenters. The van der Waals surface area contributed by atoms with Crippen molar-refractivity contribution in [3.63, 3.8) is 0 Å². The van der Waals surface area contributed by atoms with E-state index in [1.54, 1.807) is 24.5 Å². The van der Waals surface area contributed by atoms with Crippen molar-refractivity contribution >= 4 is 5.91 Å². The number of benzene rings is 1. The zero-order chi connectivity index (χ0) is 18.2. The van der Waals surface area contributed by atoms with Crippen LogP contribution in [0.15, 0.2) is 48.8 Å². The minimum Gasteiger partial charge on any atom is -0.508 e. The molecule has 134 valence electrons. The second-order valence-corrected chi connectivity index (χ2v) is 6.22. The van der Waals surface area contributed by atoms with Crippen molar-refractivity contribution in [2.24, 2.45) is 0 Å². The van der Waals surface area contributed by atoms with Gasteiger partial charge in [0.05, 0.1) is 6.04 Å². The number of likely N-dealkylation sites (N-methyl/N-ethyl adjacent to an activating group) is 1. The third kappa shape index (κ3) is 5.29. The summed E-state index contributed by atoms with van der Waals surface area (Å²) >= 11 is 0. The van der Waals surface area contributed by atoms with Gasteiger partial charge in [-0.3, -0.25) is 14.7 Å². The van der Waals surface area contributed by atoms with E-state index in [0.29, 0.717) is 13.1 Å². The number of amides is 1. The average molecular weight is 341 g/mol. The molecule has 1 heterocycles. The van der Waals surface area contributed by atoms with Gasteiger partial charge in [-0.25, -0.2) is 0 Å². The first-order valence-corrected chi connectivity index (χ1v) is 8.71. The fourth-order valence-corrected chi connectivity index (χ4v) is 2.85. The van der Waals surface area contributed by atoms with Crippen molar-refractivity contribution < 1.29 is 9.90 Å². The summed E-state index contributed by atoms with van der Waals surface area (Å²) in [5, 5.41) is 9.47. The van der Waals surface area contributed by atoms with E-state index in [9.17, 15) is 9.90 Å². The molecule has 5 heteroatoms. The molecule has 0 saturated carbocycles. The third-order valence-electron chi connectivity index (χ3n) is 4.42. The van der Waals surface area contributed by atoms with Crippen LogP contribution in [0.4, 0.5) is 0 Å². The summed E-state index contributed by atoms with van der Waals surface area (Å²) in [5.74, 6) is 0.342. The highest BCUT2D eigenvalue weighted by atomic mass is 16.3. The Morgan fingerprint density at radius 2 is 1.80 bits per heavy atom. The van der Waals surface area contributed by atoms with Crippen LogP contribution in [0, 0.1) is 0 Å². The Morgan fingerprint density at radius 3 is 2.36 bits per heavy atom. The van der Waals surface area contributed by atoms with Gasteiger partial charge in [0.25, 0.3) is 0 Å². The maximum Gasteiger partial charge on any atom is 0.240 e. The Hall–Kier alpha value is -2.40. The van der Waals surface area contributed by atoms with E-state index in [4.69, 9.17) is 0 Å². The van der Waals surface area contributed by atoms with E-state index in [2.05, 4.69) is 16.8 Å². The molecule has 0 spiro atoms. The van der Waals surface area contributed by atoms with Crippen molar-refractivity contribution in [2.45, 2.75) is 39.4 Å². The molecule has 0 saturated heterocycles. The standard InChI is InChI=1S/C20H27N3O2/c1-4-19(22(3)5-2)20(25)23(15-17-7-6-12-21-13-17)14-16-8-10-18(24)11-9-16/h6-13,19,24H,4-5,14-15H2,1-3H3. The van der Waals surface area contributed by atoms with Gasteiger partial charge in [-0.15, -0.1) is 0 Å². The van der Waals surface area contributed by atoms with Crippen LogP contribution in [0.3, 0.4) is 0 Å². The number of nitrogens with zero attached hydrogens (tertiary/aromatic N) is 3. The highest BCUT2D eigenvalue weighted by Crippen LogP contribution is 2.16. The van der Waals surface area contributed by atoms with Gasteiger partial charge in [0.15, 0.2) is 0 Å². The minimum absolute atomic E-state index is 0.115. The Labute approximate surface area is 149 Å². The zero-order valence-corrected chi connectivity index (χ0v) is 15.2. The first-order chi connectivity index (χ1) is 12.0. The number of aromatic nitrogens is 1. The van der Waals surface area contributed by atoms with Crippen molar-refractivity contribution in [3.05, 3.63) is 59.9 Å². The van der Waals surface area contributed by atoms with Gasteiger partial charge in [-0.05, 0) is 49.3 Å². The van der Waals surface area contributed by atoms with Crippen LogP contribution in [0.2, 0.25) is 0 Å². The van der Waals surface area contributed by atoms with Crippen LogP contribution in [0.1, 0.15) is 31.4 Å². The Balaban J connectivity index is 2.23. The maximum absolute atomic E-state index is 13.2. The average Bonchev–Trinajstić information content (AvgIpc) is 2.64. The van der Waals surface area contributed by atoms with Gasteiger partial charge in [-0.1, -0.05) is 32.0 Å². The molecule has 1 N–H and O–H groups in total. The summed E-state index contributed by atoms with van der Waals surface area (Å²) in [6.07, 6.45) is 4.29. The normalized spacial score (nSPS) is 12.2. The molecule has 1 amide bonds. The molecule has 0 radical (unpaired) electrons. The molecule has 1 unspecified atom stereocenters. The molecule has 2 aromatic rings. The largest absolute Gasteiger partial charge is 0.508 e. The van der Waals surface area contributed by atoms with Crippen molar-refractivity contribution in [1.29, 1.82) is 0 Å². The van der Waals surface area contributed by atoms with E-state index < -0.39 is 0 Å². The quantitative estimate of drug-likeness (QED) is 0.802. The van der Waals surface area contributed by atoms with Gasteiger partial charge in [0.2, 0.25) is 5.91 Å². The van der Waals surface area contributed by atoms with Crippen LogP contribution in [0.5, 0.6) is 5.75 Å². The predicted molar refractivity (Wildman–Crippen MR) is 99.0 cm³/mol. The van der Waals surface area contributed by atoms with Gasteiger partial charge < -0.3 is 10.0 Å². The minimum atomic E-state index is -0.140. The summed E-state index contributed by atoms with van der Waals surface area (Å²) < 4.78 is 0. The monoisotopic (exact) mass is 341 g/mol. The second kappa shape index (κ2) is 9.18. The summed E-state index contributed by atoms with van der Waals surface area (Å²) in [7, 11) is 1.98. The molecule has 1 aromatic carbocycles. The first-order valence-electron chi connectivity index (χ1n) is 8.71.